The highest BCUT2D eigenvalue weighted by Crippen LogP contribution is 2.30. The molecule has 110 valence electrons. The second-order valence-electron chi connectivity index (χ2n) is 5.02. The van der Waals surface area contributed by atoms with Crippen molar-refractivity contribution in [3.05, 3.63) is 15.8 Å². The topological polar surface area (TPSA) is 93.3 Å². The van der Waals surface area contributed by atoms with Crippen molar-refractivity contribution >= 4 is 17.4 Å². The molecule has 1 saturated heterocycles. The Balaban J connectivity index is 2.31. The number of carbonyl (C=O) groups excluding carboxylic acids is 1. The Bertz CT molecular complexity index is 539. The summed E-state index contributed by atoms with van der Waals surface area (Å²) in [5.74, 6) is 0.268. The van der Waals surface area contributed by atoms with Crippen LogP contribution in [-0.4, -0.2) is 45.1 Å². The Kier molecular flexibility index (Phi) is 3.91. The quantitative estimate of drug-likeness (QED) is 0.640. The van der Waals surface area contributed by atoms with Crippen LogP contribution in [0, 0.1) is 10.1 Å². The number of likely N-dealkylation sites (tertiary alicyclic amines) is 1. The van der Waals surface area contributed by atoms with Gasteiger partial charge in [0.25, 0.3) is 0 Å². The molecule has 0 aromatic carbocycles. The van der Waals surface area contributed by atoms with E-state index in [1.54, 1.807) is 19.0 Å². The Morgan fingerprint density at radius 1 is 1.50 bits per heavy atom. The molecule has 0 radical (unpaired) electrons. The highest BCUT2D eigenvalue weighted by atomic mass is 16.6. The smallest absolute Gasteiger partial charge is 0.334 e. The molecule has 1 fully saturated rings. The molecule has 2 rings (SSSR count). The zero-order valence-corrected chi connectivity index (χ0v) is 11.9. The number of hydrogen-bond acceptors (Lipinski definition) is 5. The maximum atomic E-state index is 11.9. The van der Waals surface area contributed by atoms with Crippen molar-refractivity contribution in [2.24, 2.45) is 7.05 Å². The predicted molar refractivity (Wildman–Crippen MR) is 73.5 cm³/mol. The summed E-state index contributed by atoms with van der Waals surface area (Å²) < 4.78 is 1.45. The standard InChI is InChI=1S/C12H19N5O3/c1-4-5-8-10(17(19)20)11(16(3)14-8)13-9-6-7-15(2)12(9)18/h9,13H,4-7H2,1-3H3. The van der Waals surface area contributed by atoms with Crippen molar-refractivity contribution in [1.82, 2.24) is 14.7 Å². The van der Waals surface area contributed by atoms with Gasteiger partial charge in [0.05, 0.1) is 4.92 Å². The Hall–Kier alpha value is -2.12. The molecular weight excluding hydrogens is 262 g/mol. The lowest BCUT2D eigenvalue weighted by atomic mass is 10.2. The summed E-state index contributed by atoms with van der Waals surface area (Å²) in [7, 11) is 3.38. The van der Waals surface area contributed by atoms with Crippen LogP contribution in [0.3, 0.4) is 0 Å². The Morgan fingerprint density at radius 3 is 2.70 bits per heavy atom. The van der Waals surface area contributed by atoms with Gasteiger partial charge in [-0.2, -0.15) is 5.10 Å². The van der Waals surface area contributed by atoms with E-state index in [1.165, 1.54) is 4.68 Å². The van der Waals surface area contributed by atoms with Gasteiger partial charge >= 0.3 is 5.69 Å². The van der Waals surface area contributed by atoms with Gasteiger partial charge in [-0.1, -0.05) is 13.3 Å². The van der Waals surface area contributed by atoms with Crippen LogP contribution in [0.1, 0.15) is 25.5 Å². The highest BCUT2D eigenvalue weighted by Gasteiger charge is 2.33. The van der Waals surface area contributed by atoms with Crippen molar-refractivity contribution in [3.63, 3.8) is 0 Å². The number of aryl methyl sites for hydroxylation is 2. The van der Waals surface area contributed by atoms with Gasteiger partial charge in [0.2, 0.25) is 11.7 Å². The number of aromatic nitrogens is 2. The number of anilines is 1. The van der Waals surface area contributed by atoms with Crippen molar-refractivity contribution in [2.45, 2.75) is 32.2 Å². The molecule has 1 atom stereocenters. The summed E-state index contributed by atoms with van der Waals surface area (Å²) in [6, 6.07) is -0.413. The number of rotatable bonds is 5. The van der Waals surface area contributed by atoms with Gasteiger partial charge in [-0.05, 0) is 12.8 Å². The molecule has 2 heterocycles. The minimum atomic E-state index is -0.427. The fourth-order valence-corrected chi connectivity index (χ4v) is 2.45. The fourth-order valence-electron chi connectivity index (χ4n) is 2.45. The highest BCUT2D eigenvalue weighted by molar-refractivity contribution is 5.87. The average Bonchev–Trinajstić information content (AvgIpc) is 2.85. The third-order valence-corrected chi connectivity index (χ3v) is 3.50. The zero-order valence-electron chi connectivity index (χ0n) is 11.9. The third kappa shape index (κ3) is 2.45. The van der Waals surface area contributed by atoms with E-state index < -0.39 is 11.0 Å². The molecule has 0 bridgehead atoms. The first-order chi connectivity index (χ1) is 9.45. The molecule has 20 heavy (non-hydrogen) atoms. The van der Waals surface area contributed by atoms with Gasteiger partial charge in [-0.15, -0.1) is 0 Å². The maximum Gasteiger partial charge on any atom is 0.334 e. The molecule has 1 N–H and O–H groups in total. The number of nitrogens with zero attached hydrogens (tertiary/aromatic N) is 4. The molecule has 8 nitrogen and oxygen atoms in total. The summed E-state index contributed by atoms with van der Waals surface area (Å²) >= 11 is 0. The van der Waals surface area contributed by atoms with Crippen molar-refractivity contribution in [2.75, 3.05) is 18.9 Å². The van der Waals surface area contributed by atoms with E-state index in [0.717, 1.165) is 6.42 Å². The first-order valence-electron chi connectivity index (χ1n) is 6.67. The molecule has 1 aromatic heterocycles. The Morgan fingerprint density at radius 2 is 2.20 bits per heavy atom. The van der Waals surface area contributed by atoms with Gasteiger partial charge in [0, 0.05) is 20.6 Å². The SMILES string of the molecule is CCCc1nn(C)c(NC2CCN(C)C2=O)c1[N+](=O)[O-]. The first-order valence-corrected chi connectivity index (χ1v) is 6.67. The summed E-state index contributed by atoms with van der Waals surface area (Å²) in [4.78, 5) is 24.4. The van der Waals surface area contributed by atoms with Crippen LogP contribution >= 0.6 is 0 Å². The van der Waals surface area contributed by atoms with E-state index in [0.29, 0.717) is 30.9 Å². The number of hydrogen-bond donors (Lipinski definition) is 1. The lowest BCUT2D eigenvalue weighted by Gasteiger charge is -2.12. The summed E-state index contributed by atoms with van der Waals surface area (Å²) in [6.07, 6.45) is 1.97. The second kappa shape index (κ2) is 5.48. The largest absolute Gasteiger partial charge is 0.353 e. The van der Waals surface area contributed by atoms with Gasteiger partial charge in [0.15, 0.2) is 0 Å². The van der Waals surface area contributed by atoms with Crippen molar-refractivity contribution in [3.8, 4) is 0 Å². The molecule has 0 spiro atoms. The molecule has 0 saturated carbocycles. The van der Waals surface area contributed by atoms with E-state index in [2.05, 4.69) is 10.4 Å². The van der Waals surface area contributed by atoms with Crippen LogP contribution in [0.4, 0.5) is 11.5 Å². The van der Waals surface area contributed by atoms with E-state index in [9.17, 15) is 14.9 Å². The lowest BCUT2D eigenvalue weighted by Crippen LogP contribution is -2.31. The van der Waals surface area contributed by atoms with Crippen LogP contribution in [0.15, 0.2) is 0 Å². The summed E-state index contributed by atoms with van der Waals surface area (Å²) in [5, 5.41) is 18.4. The molecule has 1 amide bonds. The van der Waals surface area contributed by atoms with Crippen molar-refractivity contribution in [1.29, 1.82) is 0 Å². The monoisotopic (exact) mass is 281 g/mol. The van der Waals surface area contributed by atoms with Crippen LogP contribution in [0.5, 0.6) is 0 Å². The molecule has 1 unspecified atom stereocenters. The second-order valence-corrected chi connectivity index (χ2v) is 5.02. The molecule has 8 heteroatoms. The van der Waals surface area contributed by atoms with Crippen LogP contribution in [0.25, 0.3) is 0 Å². The normalized spacial score (nSPS) is 18.6. The van der Waals surface area contributed by atoms with Crippen LogP contribution in [0.2, 0.25) is 0 Å². The van der Waals surface area contributed by atoms with E-state index in [-0.39, 0.29) is 11.6 Å². The van der Waals surface area contributed by atoms with Crippen LogP contribution < -0.4 is 5.32 Å². The molecule has 1 aromatic rings. The van der Waals surface area contributed by atoms with Crippen LogP contribution in [-0.2, 0) is 18.3 Å². The van der Waals surface area contributed by atoms with E-state index in [1.807, 2.05) is 6.92 Å². The third-order valence-electron chi connectivity index (χ3n) is 3.50. The van der Waals surface area contributed by atoms with E-state index >= 15 is 0 Å². The molecule has 0 aliphatic carbocycles. The minimum Gasteiger partial charge on any atom is -0.353 e. The summed E-state index contributed by atoms with van der Waals surface area (Å²) in [6.45, 7) is 2.60. The number of amides is 1. The summed E-state index contributed by atoms with van der Waals surface area (Å²) in [5.41, 5.74) is 0.443. The number of likely N-dealkylation sites (N-methyl/N-ethyl adjacent to an activating group) is 1. The molecular formula is C12H19N5O3. The van der Waals surface area contributed by atoms with Gasteiger partial charge in [-0.25, -0.2) is 4.68 Å². The minimum absolute atomic E-state index is 0.0169. The van der Waals surface area contributed by atoms with E-state index in [4.69, 9.17) is 0 Å². The predicted octanol–water partition coefficient (Wildman–Crippen LogP) is 0.923. The Labute approximate surface area is 116 Å². The van der Waals surface area contributed by atoms with Gasteiger partial charge < -0.3 is 10.2 Å². The van der Waals surface area contributed by atoms with Crippen molar-refractivity contribution < 1.29 is 9.72 Å². The lowest BCUT2D eigenvalue weighted by molar-refractivity contribution is -0.384. The number of nitrogens with one attached hydrogen (secondary N) is 1. The average molecular weight is 281 g/mol. The zero-order chi connectivity index (χ0) is 14.9. The van der Waals surface area contributed by atoms with Gasteiger partial charge in [-0.3, -0.25) is 14.9 Å². The molecule has 1 aliphatic heterocycles. The van der Waals surface area contributed by atoms with Gasteiger partial charge in [0.1, 0.15) is 11.7 Å². The molecule has 1 aliphatic rings. The fraction of sp³-hybridized carbons (Fsp3) is 0.667. The first kappa shape index (κ1) is 14.3. The maximum absolute atomic E-state index is 11.9. The number of carbonyl (C=O) groups is 1. The number of nitro groups is 1.